The summed E-state index contributed by atoms with van der Waals surface area (Å²) in [6.07, 6.45) is 7.42. The molecule has 3 aliphatic carbocycles. The van der Waals surface area contributed by atoms with E-state index >= 15 is 0 Å². The summed E-state index contributed by atoms with van der Waals surface area (Å²) < 4.78 is 0. The molecule has 0 N–H and O–H groups in total. The van der Waals surface area contributed by atoms with Crippen molar-refractivity contribution in [3.63, 3.8) is 0 Å². The van der Waals surface area contributed by atoms with Crippen LogP contribution in [0.1, 0.15) is 87.5 Å². The van der Waals surface area contributed by atoms with E-state index in [-0.39, 0.29) is 0 Å². The summed E-state index contributed by atoms with van der Waals surface area (Å²) in [6.45, 7) is 20.3. The first kappa shape index (κ1) is 17.8. The van der Waals surface area contributed by atoms with E-state index in [1.54, 1.807) is 0 Å². The molecule has 7 unspecified atom stereocenters. The molecule has 3 saturated carbocycles. The van der Waals surface area contributed by atoms with Crippen molar-refractivity contribution >= 4 is 0 Å². The third kappa shape index (κ3) is 2.71. The molecule has 7 atom stereocenters. The fourth-order valence-electron chi connectivity index (χ4n) is 8.43. The van der Waals surface area contributed by atoms with Gasteiger partial charge in [-0.3, -0.25) is 0 Å². The zero-order valence-corrected chi connectivity index (χ0v) is 17.2. The Hall–Kier alpha value is 0. The third-order valence-electron chi connectivity index (χ3n) is 8.81. The number of hydrogen-bond acceptors (Lipinski definition) is 0. The second-order valence-corrected chi connectivity index (χ2v) is 11.3. The van der Waals surface area contributed by atoms with Gasteiger partial charge in [-0.05, 0) is 90.3 Å². The molecule has 3 rings (SSSR count). The maximum atomic E-state index is 2.66. The summed E-state index contributed by atoms with van der Waals surface area (Å²) in [5.41, 5.74) is 1.12. The van der Waals surface area contributed by atoms with Crippen molar-refractivity contribution < 1.29 is 0 Å². The summed E-state index contributed by atoms with van der Waals surface area (Å²) in [5.74, 6) is 7.79. The Morgan fingerprint density at radius 1 is 1.00 bits per heavy atom. The van der Waals surface area contributed by atoms with Crippen LogP contribution in [0.25, 0.3) is 0 Å². The predicted molar refractivity (Wildman–Crippen MR) is 101 cm³/mol. The fraction of sp³-hybridized carbons (Fsp3) is 1.00. The molecule has 0 heteroatoms. The van der Waals surface area contributed by atoms with Crippen LogP contribution in [0.2, 0.25) is 0 Å². The van der Waals surface area contributed by atoms with E-state index in [0.717, 1.165) is 47.3 Å². The first-order valence-corrected chi connectivity index (χ1v) is 10.6. The van der Waals surface area contributed by atoms with Crippen molar-refractivity contribution in [2.45, 2.75) is 87.5 Å². The molecule has 0 saturated heterocycles. The zero-order valence-electron chi connectivity index (χ0n) is 17.2. The molecule has 0 radical (unpaired) electrons. The smallest absolute Gasteiger partial charge is 0.0254 e. The molecule has 0 aromatic rings. The van der Waals surface area contributed by atoms with E-state index in [1.807, 2.05) is 0 Å². The Morgan fingerprint density at radius 3 is 2.04 bits per heavy atom. The van der Waals surface area contributed by atoms with Gasteiger partial charge in [0.15, 0.2) is 0 Å². The largest absolute Gasteiger partial charge is 0.0625 e. The molecule has 3 fully saturated rings. The minimum absolute atomic E-state index is 0.498. The van der Waals surface area contributed by atoms with E-state index < -0.39 is 0 Å². The minimum atomic E-state index is 0.498. The van der Waals surface area contributed by atoms with Gasteiger partial charge in [0.25, 0.3) is 0 Å². The summed E-state index contributed by atoms with van der Waals surface area (Å²) >= 11 is 0. The molecular formula is C23H42. The van der Waals surface area contributed by atoms with Gasteiger partial charge in [-0.1, -0.05) is 55.4 Å². The van der Waals surface area contributed by atoms with Gasteiger partial charge in [-0.15, -0.1) is 0 Å². The Kier molecular flexibility index (Phi) is 4.47. The van der Waals surface area contributed by atoms with E-state index in [9.17, 15) is 0 Å². The van der Waals surface area contributed by atoms with Gasteiger partial charge in [0, 0.05) is 0 Å². The highest BCUT2D eigenvalue weighted by atomic mass is 14.7. The van der Waals surface area contributed by atoms with E-state index in [1.165, 1.54) is 32.1 Å². The molecule has 23 heavy (non-hydrogen) atoms. The van der Waals surface area contributed by atoms with Crippen LogP contribution in [0.5, 0.6) is 0 Å². The number of hydrogen-bond donors (Lipinski definition) is 0. The molecule has 0 nitrogen and oxygen atoms in total. The van der Waals surface area contributed by atoms with Gasteiger partial charge < -0.3 is 0 Å². The second kappa shape index (κ2) is 5.77. The highest BCUT2D eigenvalue weighted by Gasteiger charge is 2.64. The Balaban J connectivity index is 1.69. The number of fused-ring (bicyclic) bond motifs is 1. The SMILES string of the molecule is CC(C)C(C(C)(C)CCC1C(C)CC1C)C1(C)CC2CC(C)C21. The van der Waals surface area contributed by atoms with Crippen LogP contribution in [0.15, 0.2) is 0 Å². The van der Waals surface area contributed by atoms with Gasteiger partial charge in [-0.25, -0.2) is 0 Å². The number of rotatable bonds is 6. The van der Waals surface area contributed by atoms with Crippen LogP contribution in [0, 0.1) is 58.2 Å². The maximum absolute atomic E-state index is 2.66. The van der Waals surface area contributed by atoms with Crippen LogP contribution in [-0.2, 0) is 0 Å². The van der Waals surface area contributed by atoms with Crippen LogP contribution < -0.4 is 0 Å². The highest BCUT2D eigenvalue weighted by Crippen LogP contribution is 2.71. The van der Waals surface area contributed by atoms with E-state index in [2.05, 4.69) is 55.4 Å². The maximum Gasteiger partial charge on any atom is -0.0254 e. The van der Waals surface area contributed by atoms with Crippen LogP contribution in [0.4, 0.5) is 0 Å². The molecule has 0 aromatic heterocycles. The minimum Gasteiger partial charge on any atom is -0.0625 e. The molecule has 0 bridgehead atoms. The lowest BCUT2D eigenvalue weighted by atomic mass is 9.35. The van der Waals surface area contributed by atoms with Gasteiger partial charge in [-0.2, -0.15) is 0 Å². The quantitative estimate of drug-likeness (QED) is 0.492. The van der Waals surface area contributed by atoms with E-state index in [4.69, 9.17) is 0 Å². The van der Waals surface area contributed by atoms with Gasteiger partial charge in [0.1, 0.15) is 0 Å². The summed E-state index contributed by atoms with van der Waals surface area (Å²) in [4.78, 5) is 0. The van der Waals surface area contributed by atoms with Gasteiger partial charge in [0.2, 0.25) is 0 Å². The average molecular weight is 319 g/mol. The molecule has 0 aliphatic heterocycles. The first-order chi connectivity index (χ1) is 10.6. The van der Waals surface area contributed by atoms with Crippen LogP contribution >= 0.6 is 0 Å². The Morgan fingerprint density at radius 2 is 1.61 bits per heavy atom. The van der Waals surface area contributed by atoms with Crippen LogP contribution in [0.3, 0.4) is 0 Å². The lowest BCUT2D eigenvalue weighted by Gasteiger charge is -2.70. The normalized spacial score (nSPS) is 47.3. The summed E-state index contributed by atoms with van der Waals surface area (Å²) in [5, 5.41) is 0. The molecule has 0 amide bonds. The molecule has 0 spiro atoms. The average Bonchev–Trinajstić information content (AvgIpc) is 2.35. The monoisotopic (exact) mass is 318 g/mol. The van der Waals surface area contributed by atoms with Crippen molar-refractivity contribution in [1.82, 2.24) is 0 Å². The molecule has 0 heterocycles. The van der Waals surface area contributed by atoms with Crippen molar-refractivity contribution in [2.75, 3.05) is 0 Å². The molecular weight excluding hydrogens is 276 g/mol. The Labute approximate surface area is 146 Å². The van der Waals surface area contributed by atoms with Crippen LogP contribution in [-0.4, -0.2) is 0 Å². The van der Waals surface area contributed by atoms with Crippen molar-refractivity contribution in [3.8, 4) is 0 Å². The molecule has 0 aromatic carbocycles. The standard InChI is InChI=1S/C23H42/c1-14(2)21(23(8)13-18-12-17(5)20(18)23)22(6,7)10-9-19-15(3)11-16(19)4/h14-21H,9-13H2,1-8H3. The third-order valence-corrected chi connectivity index (χ3v) is 8.81. The first-order valence-electron chi connectivity index (χ1n) is 10.6. The van der Waals surface area contributed by atoms with Crippen molar-refractivity contribution in [1.29, 1.82) is 0 Å². The summed E-state index contributed by atoms with van der Waals surface area (Å²) in [7, 11) is 0. The highest BCUT2D eigenvalue weighted by molar-refractivity contribution is 5.12. The lowest BCUT2D eigenvalue weighted by molar-refractivity contribution is -0.211. The fourth-order valence-corrected chi connectivity index (χ4v) is 8.43. The second-order valence-electron chi connectivity index (χ2n) is 11.3. The topological polar surface area (TPSA) is 0 Å². The van der Waals surface area contributed by atoms with Gasteiger partial charge in [0.05, 0.1) is 0 Å². The Bertz CT molecular complexity index is 421. The molecule has 134 valence electrons. The van der Waals surface area contributed by atoms with Crippen molar-refractivity contribution in [3.05, 3.63) is 0 Å². The predicted octanol–water partition coefficient (Wildman–Crippen LogP) is 7.04. The molecule has 3 aliphatic rings. The van der Waals surface area contributed by atoms with Crippen molar-refractivity contribution in [2.24, 2.45) is 58.2 Å². The van der Waals surface area contributed by atoms with E-state index in [0.29, 0.717) is 10.8 Å². The zero-order chi connectivity index (χ0) is 17.2. The summed E-state index contributed by atoms with van der Waals surface area (Å²) in [6, 6.07) is 0. The lowest BCUT2D eigenvalue weighted by Crippen LogP contribution is -2.63. The van der Waals surface area contributed by atoms with Gasteiger partial charge >= 0.3 is 0 Å².